The third-order valence-electron chi connectivity index (χ3n) is 2.62. The average molecular weight is 304 g/mol. The van der Waals surface area contributed by atoms with Crippen molar-refractivity contribution < 1.29 is 27.8 Å². The molecule has 110 valence electrons. The minimum absolute atomic E-state index is 0.136. The molecule has 1 aromatic carbocycles. The van der Waals surface area contributed by atoms with Crippen molar-refractivity contribution in [2.45, 2.75) is 17.8 Å². The molecule has 0 spiro atoms. The van der Waals surface area contributed by atoms with Gasteiger partial charge in [-0.1, -0.05) is 24.8 Å². The number of thiol groups is 1. The SMILES string of the molecule is O=C(OCCCOc1ccc(C2CO2)cc1)C(F)(F)S. The molecule has 2 rings (SSSR count). The summed E-state index contributed by atoms with van der Waals surface area (Å²) in [6.45, 7) is 0.884. The summed E-state index contributed by atoms with van der Waals surface area (Å²) in [5.41, 5.74) is 1.10. The number of carbonyl (C=O) groups is 1. The standard InChI is InChI=1S/C13H14F2O4S/c14-13(15,20)12(16)18-7-1-6-17-10-4-2-9(3-5-10)11-8-19-11/h2-5,11,20H,1,6-8H2. The number of rotatable bonds is 7. The lowest BCUT2D eigenvalue weighted by Crippen LogP contribution is -2.25. The highest BCUT2D eigenvalue weighted by Crippen LogP contribution is 2.30. The summed E-state index contributed by atoms with van der Waals surface area (Å²) in [6, 6.07) is 7.44. The van der Waals surface area contributed by atoms with Crippen LogP contribution in [0.25, 0.3) is 0 Å². The van der Waals surface area contributed by atoms with E-state index in [0.717, 1.165) is 12.2 Å². The van der Waals surface area contributed by atoms with E-state index in [4.69, 9.17) is 9.47 Å². The number of carbonyl (C=O) groups excluding carboxylic acids is 1. The maximum absolute atomic E-state index is 12.3. The molecule has 1 unspecified atom stereocenters. The van der Waals surface area contributed by atoms with Gasteiger partial charge in [-0.3, -0.25) is 0 Å². The van der Waals surface area contributed by atoms with E-state index in [1.165, 1.54) is 0 Å². The Balaban J connectivity index is 1.62. The van der Waals surface area contributed by atoms with Gasteiger partial charge >= 0.3 is 11.2 Å². The molecule has 0 aliphatic carbocycles. The van der Waals surface area contributed by atoms with Crippen LogP contribution >= 0.6 is 12.6 Å². The quantitative estimate of drug-likeness (QED) is 0.364. The molecule has 0 aromatic heterocycles. The maximum Gasteiger partial charge on any atom is 0.388 e. The molecule has 0 saturated carbocycles. The lowest BCUT2D eigenvalue weighted by Gasteiger charge is -2.10. The van der Waals surface area contributed by atoms with Gasteiger partial charge in [0.25, 0.3) is 0 Å². The number of benzene rings is 1. The first-order valence-electron chi connectivity index (χ1n) is 6.08. The highest BCUT2D eigenvalue weighted by Gasteiger charge is 2.35. The normalized spacial score (nSPS) is 17.6. The molecule has 4 nitrogen and oxygen atoms in total. The number of halogens is 2. The third-order valence-corrected chi connectivity index (χ3v) is 2.80. The van der Waals surface area contributed by atoms with Crippen molar-refractivity contribution in [2.75, 3.05) is 19.8 Å². The minimum atomic E-state index is -3.75. The van der Waals surface area contributed by atoms with Crippen LogP contribution in [-0.4, -0.2) is 31.0 Å². The Morgan fingerprint density at radius 2 is 2.00 bits per heavy atom. The predicted molar refractivity (Wildman–Crippen MR) is 70.1 cm³/mol. The van der Waals surface area contributed by atoms with E-state index < -0.39 is 11.2 Å². The lowest BCUT2D eigenvalue weighted by molar-refractivity contribution is -0.160. The smallest absolute Gasteiger partial charge is 0.388 e. The Kier molecular flexibility index (Phi) is 4.82. The predicted octanol–water partition coefficient (Wildman–Crippen LogP) is 2.59. The van der Waals surface area contributed by atoms with E-state index in [-0.39, 0.29) is 19.3 Å². The van der Waals surface area contributed by atoms with E-state index in [1.807, 2.05) is 24.3 Å². The van der Waals surface area contributed by atoms with Gasteiger partial charge in [-0.05, 0) is 17.7 Å². The molecule has 1 aliphatic heterocycles. The number of esters is 1. The Labute approximate surface area is 120 Å². The first kappa shape index (κ1) is 15.1. The van der Waals surface area contributed by atoms with Crippen molar-refractivity contribution in [2.24, 2.45) is 0 Å². The first-order valence-corrected chi connectivity index (χ1v) is 6.53. The number of alkyl halides is 2. The molecule has 1 heterocycles. The molecule has 1 fully saturated rings. The Hall–Kier alpha value is -1.34. The fourth-order valence-corrected chi connectivity index (χ4v) is 1.58. The van der Waals surface area contributed by atoms with Gasteiger partial charge in [0.15, 0.2) is 0 Å². The van der Waals surface area contributed by atoms with Gasteiger partial charge in [-0.15, -0.1) is 0 Å². The molecule has 0 N–H and O–H groups in total. The Morgan fingerprint density at radius 3 is 2.55 bits per heavy atom. The molecule has 1 aromatic rings. The van der Waals surface area contributed by atoms with E-state index in [0.29, 0.717) is 12.2 Å². The summed E-state index contributed by atoms with van der Waals surface area (Å²) in [5.74, 6) is -0.977. The number of hydrogen-bond acceptors (Lipinski definition) is 5. The summed E-state index contributed by atoms with van der Waals surface area (Å²) in [4.78, 5) is 10.7. The highest BCUT2D eigenvalue weighted by atomic mass is 32.1. The second-order valence-corrected chi connectivity index (χ2v) is 4.83. The van der Waals surface area contributed by atoms with Crippen molar-refractivity contribution in [3.63, 3.8) is 0 Å². The molecule has 7 heteroatoms. The zero-order chi connectivity index (χ0) is 14.6. The van der Waals surface area contributed by atoms with Crippen LogP contribution in [0.3, 0.4) is 0 Å². The van der Waals surface area contributed by atoms with E-state index >= 15 is 0 Å². The highest BCUT2D eigenvalue weighted by molar-refractivity contribution is 7.82. The first-order chi connectivity index (χ1) is 9.47. The molecular formula is C13H14F2O4S. The maximum atomic E-state index is 12.3. The summed E-state index contributed by atoms with van der Waals surface area (Å²) in [6.07, 6.45) is 0.523. The molecule has 0 amide bonds. The van der Waals surface area contributed by atoms with Crippen LogP contribution < -0.4 is 4.74 Å². The van der Waals surface area contributed by atoms with Crippen molar-refractivity contribution in [3.8, 4) is 5.75 Å². The zero-order valence-electron chi connectivity index (χ0n) is 10.6. The average Bonchev–Trinajstić information content (AvgIpc) is 3.22. The molecule has 1 atom stereocenters. The largest absolute Gasteiger partial charge is 0.493 e. The number of ether oxygens (including phenoxy) is 3. The molecular weight excluding hydrogens is 290 g/mol. The number of epoxide rings is 1. The second kappa shape index (κ2) is 6.41. The van der Waals surface area contributed by atoms with Crippen molar-refractivity contribution in [1.82, 2.24) is 0 Å². The Morgan fingerprint density at radius 1 is 1.35 bits per heavy atom. The molecule has 1 aliphatic rings. The van der Waals surface area contributed by atoms with Crippen molar-refractivity contribution in [1.29, 1.82) is 0 Å². The van der Waals surface area contributed by atoms with Gasteiger partial charge in [0.2, 0.25) is 0 Å². The van der Waals surface area contributed by atoms with Crippen LogP contribution in [0.1, 0.15) is 18.1 Å². The van der Waals surface area contributed by atoms with Crippen LogP contribution in [-0.2, 0) is 14.3 Å². The van der Waals surface area contributed by atoms with Gasteiger partial charge < -0.3 is 14.2 Å². The molecule has 1 saturated heterocycles. The van der Waals surface area contributed by atoms with E-state index in [1.54, 1.807) is 0 Å². The van der Waals surface area contributed by atoms with Crippen molar-refractivity contribution in [3.05, 3.63) is 29.8 Å². The van der Waals surface area contributed by atoms with Gasteiger partial charge in [0.1, 0.15) is 11.9 Å². The minimum Gasteiger partial charge on any atom is -0.493 e. The molecule has 0 radical (unpaired) electrons. The second-order valence-electron chi connectivity index (χ2n) is 4.27. The summed E-state index contributed by atoms with van der Waals surface area (Å²) in [5, 5.41) is -3.75. The fourth-order valence-electron chi connectivity index (χ4n) is 1.52. The van der Waals surface area contributed by atoms with E-state index in [9.17, 15) is 13.6 Å². The van der Waals surface area contributed by atoms with Gasteiger partial charge in [-0.2, -0.15) is 8.78 Å². The third kappa shape index (κ3) is 4.64. The summed E-state index contributed by atoms with van der Waals surface area (Å²) in [7, 11) is 0. The topological polar surface area (TPSA) is 48.1 Å². The fraction of sp³-hybridized carbons (Fsp3) is 0.462. The zero-order valence-corrected chi connectivity index (χ0v) is 11.4. The van der Waals surface area contributed by atoms with Crippen LogP contribution in [0.4, 0.5) is 8.78 Å². The van der Waals surface area contributed by atoms with Gasteiger partial charge in [0.05, 0.1) is 19.8 Å². The summed E-state index contributed by atoms with van der Waals surface area (Å²) < 4.78 is 39.6. The van der Waals surface area contributed by atoms with Gasteiger partial charge in [0, 0.05) is 6.42 Å². The summed E-state index contributed by atoms with van der Waals surface area (Å²) >= 11 is 2.81. The van der Waals surface area contributed by atoms with Crippen LogP contribution in [0, 0.1) is 0 Å². The van der Waals surface area contributed by atoms with Gasteiger partial charge in [-0.25, -0.2) is 4.79 Å². The lowest BCUT2D eigenvalue weighted by atomic mass is 10.2. The van der Waals surface area contributed by atoms with Crippen LogP contribution in [0.5, 0.6) is 5.75 Å². The van der Waals surface area contributed by atoms with E-state index in [2.05, 4.69) is 17.4 Å². The Bertz CT molecular complexity index is 454. The molecule has 0 bridgehead atoms. The molecule has 20 heavy (non-hydrogen) atoms. The monoisotopic (exact) mass is 304 g/mol. The van der Waals surface area contributed by atoms with Crippen LogP contribution in [0.2, 0.25) is 0 Å². The number of hydrogen-bond donors (Lipinski definition) is 1. The van der Waals surface area contributed by atoms with Crippen molar-refractivity contribution >= 4 is 18.6 Å². The van der Waals surface area contributed by atoms with Crippen LogP contribution in [0.15, 0.2) is 24.3 Å².